The van der Waals surface area contributed by atoms with E-state index < -0.39 is 0 Å². The predicted octanol–water partition coefficient (Wildman–Crippen LogP) is 3.82. The largest absolute Gasteiger partial charge is 0.432 e. The van der Waals surface area contributed by atoms with Crippen molar-refractivity contribution in [1.82, 2.24) is 4.98 Å². The third-order valence-electron chi connectivity index (χ3n) is 3.92. The van der Waals surface area contributed by atoms with Gasteiger partial charge in [0.15, 0.2) is 0 Å². The SMILES string of the molecule is CCC1CCC(N(C)c2nc(CCl)co2)CC1. The average Bonchev–Trinajstić information content (AvgIpc) is 2.87. The highest BCUT2D eigenvalue weighted by atomic mass is 35.5. The van der Waals surface area contributed by atoms with Gasteiger partial charge in [-0.25, -0.2) is 0 Å². The van der Waals surface area contributed by atoms with Crippen LogP contribution in [0.3, 0.4) is 0 Å². The van der Waals surface area contributed by atoms with Crippen LogP contribution in [0, 0.1) is 5.92 Å². The van der Waals surface area contributed by atoms with Gasteiger partial charge in [-0.05, 0) is 31.6 Å². The second-order valence-electron chi connectivity index (χ2n) is 4.95. The summed E-state index contributed by atoms with van der Waals surface area (Å²) in [6, 6.07) is 1.28. The lowest BCUT2D eigenvalue weighted by molar-refractivity contribution is 0.307. The van der Waals surface area contributed by atoms with Gasteiger partial charge in [-0.1, -0.05) is 13.3 Å². The molecule has 0 radical (unpaired) electrons. The molecule has 0 aromatic carbocycles. The van der Waals surface area contributed by atoms with Crippen LogP contribution in [0.4, 0.5) is 6.01 Å². The van der Waals surface area contributed by atoms with Crippen molar-refractivity contribution >= 4 is 17.6 Å². The molecular weight excluding hydrogens is 236 g/mol. The maximum absolute atomic E-state index is 5.73. The van der Waals surface area contributed by atoms with Gasteiger partial charge in [0.25, 0.3) is 6.01 Å². The van der Waals surface area contributed by atoms with E-state index >= 15 is 0 Å². The molecule has 1 aliphatic rings. The summed E-state index contributed by atoms with van der Waals surface area (Å²) in [7, 11) is 2.07. The Hall–Kier alpha value is -0.700. The highest BCUT2D eigenvalue weighted by Gasteiger charge is 2.25. The lowest BCUT2D eigenvalue weighted by Gasteiger charge is -2.33. The third kappa shape index (κ3) is 2.95. The molecule has 0 unspecified atom stereocenters. The molecule has 0 atom stereocenters. The molecular formula is C13H21ClN2O. The quantitative estimate of drug-likeness (QED) is 0.767. The topological polar surface area (TPSA) is 29.3 Å². The van der Waals surface area contributed by atoms with Gasteiger partial charge >= 0.3 is 0 Å². The molecule has 0 aliphatic heterocycles. The molecule has 0 saturated heterocycles. The van der Waals surface area contributed by atoms with Crippen molar-refractivity contribution in [2.24, 2.45) is 5.92 Å². The first-order chi connectivity index (χ1) is 8.24. The first kappa shape index (κ1) is 12.7. The summed E-state index contributed by atoms with van der Waals surface area (Å²) < 4.78 is 5.45. The summed E-state index contributed by atoms with van der Waals surface area (Å²) in [4.78, 5) is 6.54. The molecule has 2 rings (SSSR count). The molecule has 0 amide bonds. The number of hydrogen-bond acceptors (Lipinski definition) is 3. The van der Waals surface area contributed by atoms with E-state index in [-0.39, 0.29) is 0 Å². The first-order valence-electron chi connectivity index (χ1n) is 6.47. The van der Waals surface area contributed by atoms with E-state index in [1.54, 1.807) is 6.26 Å². The summed E-state index contributed by atoms with van der Waals surface area (Å²) in [6.45, 7) is 2.29. The van der Waals surface area contributed by atoms with E-state index in [1.807, 2.05) is 0 Å². The van der Waals surface area contributed by atoms with E-state index in [4.69, 9.17) is 16.0 Å². The zero-order valence-corrected chi connectivity index (χ0v) is 11.4. The van der Waals surface area contributed by atoms with Gasteiger partial charge in [-0.3, -0.25) is 0 Å². The second-order valence-corrected chi connectivity index (χ2v) is 5.22. The Balaban J connectivity index is 1.94. The lowest BCUT2D eigenvalue weighted by Crippen LogP contribution is -2.35. The molecule has 1 fully saturated rings. The molecule has 3 nitrogen and oxygen atoms in total. The van der Waals surface area contributed by atoms with Crippen LogP contribution in [-0.4, -0.2) is 18.1 Å². The van der Waals surface area contributed by atoms with Crippen molar-refractivity contribution in [2.45, 2.75) is 50.9 Å². The summed E-state index contributed by atoms with van der Waals surface area (Å²) in [6.07, 6.45) is 8.10. The average molecular weight is 257 g/mol. The standard InChI is InChI=1S/C13H21ClN2O/c1-3-10-4-6-12(7-5-10)16(2)13-15-11(8-14)9-17-13/h9-10,12H,3-8H2,1-2H3. The Morgan fingerprint density at radius 1 is 1.41 bits per heavy atom. The van der Waals surface area contributed by atoms with Crippen LogP contribution >= 0.6 is 11.6 Å². The first-order valence-corrected chi connectivity index (χ1v) is 7.01. The van der Waals surface area contributed by atoms with Gasteiger partial charge < -0.3 is 9.32 Å². The minimum Gasteiger partial charge on any atom is -0.432 e. The summed E-state index contributed by atoms with van der Waals surface area (Å²) in [5.74, 6) is 1.34. The van der Waals surface area contributed by atoms with Crippen molar-refractivity contribution in [2.75, 3.05) is 11.9 Å². The van der Waals surface area contributed by atoms with Crippen molar-refractivity contribution in [3.8, 4) is 0 Å². The van der Waals surface area contributed by atoms with E-state index in [0.29, 0.717) is 17.9 Å². The van der Waals surface area contributed by atoms with Gasteiger partial charge in [0, 0.05) is 13.1 Å². The van der Waals surface area contributed by atoms with Crippen molar-refractivity contribution in [3.63, 3.8) is 0 Å². The van der Waals surface area contributed by atoms with Crippen LogP contribution < -0.4 is 4.90 Å². The van der Waals surface area contributed by atoms with E-state index in [0.717, 1.165) is 11.6 Å². The zero-order valence-electron chi connectivity index (χ0n) is 10.7. The van der Waals surface area contributed by atoms with Crippen molar-refractivity contribution in [1.29, 1.82) is 0 Å². The summed E-state index contributed by atoms with van der Waals surface area (Å²) >= 11 is 5.73. The number of aromatic nitrogens is 1. The highest BCUT2D eigenvalue weighted by molar-refractivity contribution is 6.16. The molecule has 0 N–H and O–H groups in total. The fraction of sp³-hybridized carbons (Fsp3) is 0.769. The molecule has 1 saturated carbocycles. The molecule has 1 aromatic rings. The smallest absolute Gasteiger partial charge is 0.297 e. The molecule has 4 heteroatoms. The molecule has 96 valence electrons. The minimum atomic E-state index is 0.417. The number of hydrogen-bond donors (Lipinski definition) is 0. The van der Waals surface area contributed by atoms with Crippen LogP contribution in [0.1, 0.15) is 44.7 Å². The number of oxazole rings is 1. The van der Waals surface area contributed by atoms with Gasteiger partial charge in [0.2, 0.25) is 0 Å². The van der Waals surface area contributed by atoms with Gasteiger partial charge in [-0.15, -0.1) is 11.6 Å². The number of rotatable bonds is 4. The van der Waals surface area contributed by atoms with Crippen LogP contribution in [0.2, 0.25) is 0 Å². The van der Waals surface area contributed by atoms with Gasteiger partial charge in [-0.2, -0.15) is 4.98 Å². The Kier molecular flexibility index (Phi) is 4.32. The molecule has 0 spiro atoms. The van der Waals surface area contributed by atoms with Crippen LogP contribution in [0.25, 0.3) is 0 Å². The van der Waals surface area contributed by atoms with Crippen molar-refractivity contribution < 1.29 is 4.42 Å². The number of halogens is 1. The number of nitrogens with zero attached hydrogens (tertiary/aromatic N) is 2. The van der Waals surface area contributed by atoms with Crippen molar-refractivity contribution in [3.05, 3.63) is 12.0 Å². The van der Waals surface area contributed by atoms with Crippen LogP contribution in [0.5, 0.6) is 0 Å². The van der Waals surface area contributed by atoms with Crippen LogP contribution in [-0.2, 0) is 5.88 Å². The highest BCUT2D eigenvalue weighted by Crippen LogP contribution is 2.30. The molecule has 1 aliphatic carbocycles. The van der Waals surface area contributed by atoms with E-state index in [2.05, 4.69) is 23.9 Å². The molecule has 1 heterocycles. The Morgan fingerprint density at radius 2 is 2.12 bits per heavy atom. The second kappa shape index (κ2) is 5.76. The number of alkyl halides is 1. The summed E-state index contributed by atoms with van der Waals surface area (Å²) in [5.41, 5.74) is 0.816. The third-order valence-corrected chi connectivity index (χ3v) is 4.19. The minimum absolute atomic E-state index is 0.417. The molecule has 1 aromatic heterocycles. The fourth-order valence-electron chi connectivity index (χ4n) is 2.62. The Bertz CT molecular complexity index is 345. The normalized spacial score (nSPS) is 24.9. The van der Waals surface area contributed by atoms with Gasteiger partial charge in [0.1, 0.15) is 6.26 Å². The fourth-order valence-corrected chi connectivity index (χ4v) is 2.74. The maximum Gasteiger partial charge on any atom is 0.297 e. The summed E-state index contributed by atoms with van der Waals surface area (Å²) in [5, 5.41) is 0. The monoisotopic (exact) mass is 256 g/mol. The molecule has 17 heavy (non-hydrogen) atoms. The van der Waals surface area contributed by atoms with Gasteiger partial charge in [0.05, 0.1) is 11.6 Å². The van der Waals surface area contributed by atoms with E-state index in [1.165, 1.54) is 32.1 Å². The number of anilines is 1. The zero-order chi connectivity index (χ0) is 12.3. The Labute approximate surface area is 108 Å². The maximum atomic E-state index is 5.73. The van der Waals surface area contributed by atoms with Crippen LogP contribution in [0.15, 0.2) is 10.7 Å². The predicted molar refractivity (Wildman–Crippen MR) is 70.5 cm³/mol. The molecule has 0 bridgehead atoms. The Morgan fingerprint density at radius 3 is 2.65 bits per heavy atom. The lowest BCUT2D eigenvalue weighted by atomic mass is 9.84. The van der Waals surface area contributed by atoms with E-state index in [9.17, 15) is 0 Å².